The maximum Gasteiger partial charge on any atom is 0.162 e. The highest BCUT2D eigenvalue weighted by atomic mass is 32.1. The van der Waals surface area contributed by atoms with E-state index in [0.717, 1.165) is 16.7 Å². The van der Waals surface area contributed by atoms with Gasteiger partial charge in [-0.25, -0.2) is 0 Å². The number of aromatic nitrogens is 2. The van der Waals surface area contributed by atoms with Gasteiger partial charge in [0.1, 0.15) is 0 Å². The molecule has 0 saturated carbocycles. The summed E-state index contributed by atoms with van der Waals surface area (Å²) in [6.07, 6.45) is 0. The Morgan fingerprint density at radius 1 is 0.460 bits per heavy atom. The smallest absolute Gasteiger partial charge is 0.162 e. The molecule has 9 rings (SSSR count). The molecule has 0 aliphatic rings. The molecule has 4 aromatic heterocycles. The molecule has 254 valence electrons. The average Bonchev–Trinajstić information content (AvgIpc) is 3.55. The van der Waals surface area contributed by atoms with Crippen molar-refractivity contribution in [2.45, 2.75) is 105 Å². The van der Waals surface area contributed by atoms with Crippen LogP contribution < -0.4 is 0 Å². The maximum atomic E-state index is 7.30. The zero-order chi connectivity index (χ0) is 35.4. The molecule has 0 unspecified atom stereocenters. The van der Waals surface area contributed by atoms with E-state index >= 15 is 0 Å². The zero-order valence-corrected chi connectivity index (χ0v) is 32.5. The van der Waals surface area contributed by atoms with Gasteiger partial charge < -0.3 is 13.2 Å². The van der Waals surface area contributed by atoms with Gasteiger partial charge in [0, 0.05) is 16.2 Å². The SMILES string of the molecule is CC(C)(C)c1ccc2c(c1)oc1c3c4cc(C(C)(C)C)ccc4n4c5ccc(C(C)(C)C)cc5sc(c5c6cc(C(C)(C)C)ccc6n2c15)c34. The summed E-state index contributed by atoms with van der Waals surface area (Å²) in [7, 11) is 0. The minimum Gasteiger partial charge on any atom is -0.452 e. The molecule has 0 fully saturated rings. The summed E-state index contributed by atoms with van der Waals surface area (Å²) in [5.74, 6) is 0. The molecule has 0 atom stereocenters. The second kappa shape index (κ2) is 9.73. The van der Waals surface area contributed by atoms with Crippen LogP contribution in [0.25, 0.3) is 75.2 Å². The quantitative estimate of drug-likeness (QED) is 0.147. The molecule has 0 spiro atoms. The van der Waals surface area contributed by atoms with Crippen LogP contribution in [0.4, 0.5) is 0 Å². The van der Waals surface area contributed by atoms with Crippen molar-refractivity contribution in [2.24, 2.45) is 0 Å². The highest BCUT2D eigenvalue weighted by molar-refractivity contribution is 7.25. The summed E-state index contributed by atoms with van der Waals surface area (Å²) in [6, 6.07) is 28.2. The van der Waals surface area contributed by atoms with Crippen LogP contribution in [0.15, 0.2) is 77.2 Å². The minimum absolute atomic E-state index is 0.00173. The molecule has 0 aliphatic carbocycles. The standard InChI is InChI=1S/C46H48N2OS/c1-43(2,3)25-13-17-31-29(21-25)37-40-42(50-36-24-28(46(10,11)12)16-20-34(36)48(31)40)38-30-22-26(44(4,5)6)14-18-32(30)47-33-19-15-27(45(7,8)9)23-35(33)49-41(37)39(38)47/h13-24H,1-12H3. The highest BCUT2D eigenvalue weighted by Gasteiger charge is 2.29. The van der Waals surface area contributed by atoms with Crippen molar-refractivity contribution in [1.29, 1.82) is 0 Å². The molecule has 0 aliphatic heterocycles. The van der Waals surface area contributed by atoms with Crippen LogP contribution in [0.5, 0.6) is 0 Å². The third-order valence-corrected chi connectivity index (χ3v) is 12.3. The molecule has 0 N–H and O–H groups in total. The largest absolute Gasteiger partial charge is 0.452 e. The maximum absolute atomic E-state index is 7.30. The molecule has 0 radical (unpaired) electrons. The Balaban J connectivity index is 1.63. The van der Waals surface area contributed by atoms with Gasteiger partial charge in [-0.05, 0) is 92.4 Å². The normalized spacial score (nSPS) is 14.0. The number of benzene rings is 5. The molecule has 0 bridgehead atoms. The molecule has 4 heterocycles. The molecule has 0 saturated heterocycles. The summed E-state index contributed by atoms with van der Waals surface area (Å²) >= 11 is 1.94. The van der Waals surface area contributed by atoms with Gasteiger partial charge in [0.25, 0.3) is 0 Å². The predicted octanol–water partition coefficient (Wildman–Crippen LogP) is 14.0. The second-order valence-corrected chi connectivity index (χ2v) is 19.9. The van der Waals surface area contributed by atoms with Crippen molar-refractivity contribution in [1.82, 2.24) is 8.80 Å². The Kier molecular flexibility index (Phi) is 6.17. The highest BCUT2D eigenvalue weighted by Crippen LogP contribution is 2.50. The number of fused-ring (bicyclic) bond motifs is 12. The molecule has 4 heteroatoms. The molecular formula is C46H48N2OS. The fourth-order valence-corrected chi connectivity index (χ4v) is 9.32. The van der Waals surface area contributed by atoms with Gasteiger partial charge in [-0.15, -0.1) is 11.3 Å². The van der Waals surface area contributed by atoms with Crippen molar-refractivity contribution in [3.63, 3.8) is 0 Å². The van der Waals surface area contributed by atoms with E-state index in [1.54, 1.807) is 0 Å². The van der Waals surface area contributed by atoms with Crippen molar-refractivity contribution >= 4 is 86.5 Å². The number of nitrogens with zero attached hydrogens (tertiary/aromatic N) is 2. The lowest BCUT2D eigenvalue weighted by Gasteiger charge is -2.20. The predicted molar refractivity (Wildman–Crippen MR) is 218 cm³/mol. The molecule has 9 aromatic rings. The van der Waals surface area contributed by atoms with E-state index in [4.69, 9.17) is 4.42 Å². The third kappa shape index (κ3) is 4.33. The summed E-state index contributed by atoms with van der Waals surface area (Å²) in [4.78, 5) is 0. The van der Waals surface area contributed by atoms with Gasteiger partial charge in [0.05, 0.1) is 47.9 Å². The first-order valence-electron chi connectivity index (χ1n) is 18.1. The Hall–Kier alpha value is -4.28. The fraction of sp³-hybridized carbons (Fsp3) is 0.348. The van der Waals surface area contributed by atoms with Gasteiger partial charge in [0.2, 0.25) is 0 Å². The zero-order valence-electron chi connectivity index (χ0n) is 31.6. The van der Waals surface area contributed by atoms with Crippen LogP contribution in [-0.4, -0.2) is 8.80 Å². The van der Waals surface area contributed by atoms with Crippen LogP contribution in [0.3, 0.4) is 0 Å². The lowest BCUT2D eigenvalue weighted by Crippen LogP contribution is -2.11. The molecular weight excluding hydrogens is 629 g/mol. The van der Waals surface area contributed by atoms with Crippen molar-refractivity contribution in [2.75, 3.05) is 0 Å². The molecule has 5 aromatic carbocycles. The van der Waals surface area contributed by atoms with Gasteiger partial charge in [-0.1, -0.05) is 107 Å². The third-order valence-electron chi connectivity index (χ3n) is 11.1. The van der Waals surface area contributed by atoms with Crippen LogP contribution >= 0.6 is 11.3 Å². The van der Waals surface area contributed by atoms with E-state index in [1.807, 2.05) is 11.3 Å². The fourth-order valence-electron chi connectivity index (χ4n) is 8.06. The molecule has 3 nitrogen and oxygen atoms in total. The first kappa shape index (κ1) is 31.7. The summed E-state index contributed by atoms with van der Waals surface area (Å²) in [6.45, 7) is 27.6. The Morgan fingerprint density at radius 3 is 1.44 bits per heavy atom. The van der Waals surface area contributed by atoms with E-state index in [9.17, 15) is 0 Å². The first-order chi connectivity index (χ1) is 23.3. The van der Waals surface area contributed by atoms with Crippen LogP contribution in [0, 0.1) is 0 Å². The lowest BCUT2D eigenvalue weighted by atomic mass is 9.86. The lowest BCUT2D eigenvalue weighted by molar-refractivity contribution is 0.586. The average molecular weight is 677 g/mol. The Morgan fingerprint density at radius 2 is 0.900 bits per heavy atom. The van der Waals surface area contributed by atoms with E-state index in [0.29, 0.717) is 0 Å². The van der Waals surface area contributed by atoms with Crippen molar-refractivity contribution < 1.29 is 4.42 Å². The summed E-state index contributed by atoms with van der Waals surface area (Å²) < 4.78 is 15.0. The first-order valence-corrected chi connectivity index (χ1v) is 18.9. The van der Waals surface area contributed by atoms with Gasteiger partial charge in [0.15, 0.2) is 11.2 Å². The molecule has 50 heavy (non-hydrogen) atoms. The van der Waals surface area contributed by atoms with Crippen LogP contribution in [0.2, 0.25) is 0 Å². The van der Waals surface area contributed by atoms with E-state index < -0.39 is 0 Å². The topological polar surface area (TPSA) is 22.0 Å². The van der Waals surface area contributed by atoms with E-state index in [2.05, 4.69) is 165 Å². The molecule has 0 amide bonds. The van der Waals surface area contributed by atoms with Crippen LogP contribution in [-0.2, 0) is 21.7 Å². The van der Waals surface area contributed by atoms with Gasteiger partial charge in [-0.3, -0.25) is 0 Å². The van der Waals surface area contributed by atoms with Crippen molar-refractivity contribution in [3.05, 3.63) is 95.1 Å². The Bertz CT molecular complexity index is 2690. The van der Waals surface area contributed by atoms with Gasteiger partial charge in [-0.2, -0.15) is 0 Å². The number of hydrogen-bond acceptors (Lipinski definition) is 2. The van der Waals surface area contributed by atoms with E-state index in [1.165, 1.54) is 80.8 Å². The monoisotopic (exact) mass is 676 g/mol. The number of hydrogen-bond donors (Lipinski definition) is 0. The minimum atomic E-state index is -0.00173. The number of rotatable bonds is 0. The van der Waals surface area contributed by atoms with Gasteiger partial charge >= 0.3 is 0 Å². The van der Waals surface area contributed by atoms with E-state index in [-0.39, 0.29) is 21.7 Å². The van der Waals surface area contributed by atoms with Crippen LogP contribution in [0.1, 0.15) is 105 Å². The van der Waals surface area contributed by atoms with Crippen molar-refractivity contribution in [3.8, 4) is 0 Å². The Labute approximate surface area is 298 Å². The summed E-state index contributed by atoms with van der Waals surface area (Å²) in [5, 5.41) is 5.04. The summed E-state index contributed by atoms with van der Waals surface area (Å²) in [5.41, 5.74) is 14.5. The second-order valence-electron chi connectivity index (χ2n) is 18.8.